The second-order valence-electron chi connectivity index (χ2n) is 3.36. The van der Waals surface area contributed by atoms with Gasteiger partial charge in [-0.2, -0.15) is 0 Å². The number of nitrogens with zero attached hydrogens (tertiary/aromatic N) is 1. The second-order valence-corrected chi connectivity index (χ2v) is 3.36. The summed E-state index contributed by atoms with van der Waals surface area (Å²) in [7, 11) is 0. The van der Waals surface area contributed by atoms with Crippen molar-refractivity contribution >= 4 is 11.6 Å². The maximum atomic E-state index is 11.9. The summed E-state index contributed by atoms with van der Waals surface area (Å²) in [6.07, 6.45) is 1.12. The number of nitrogens with two attached hydrogens (primary N) is 1. The summed E-state index contributed by atoms with van der Waals surface area (Å²) in [5.74, 6) is 0.157. The molecule has 0 aromatic carbocycles. The van der Waals surface area contributed by atoms with Crippen LogP contribution in [-0.4, -0.2) is 36.6 Å². The molecule has 5 nitrogen and oxygen atoms in total. The number of carbonyl (C=O) groups excluding carboxylic acids is 1. The largest absolute Gasteiger partial charge is 0.383 e. The van der Waals surface area contributed by atoms with Crippen LogP contribution in [-0.2, 0) is 4.74 Å². The minimum Gasteiger partial charge on any atom is -0.383 e. The lowest BCUT2D eigenvalue weighted by molar-refractivity contribution is 0.0270. The topological polar surface area (TPSA) is 77.2 Å². The monoisotopic (exact) mass is 207 g/mol. The summed E-state index contributed by atoms with van der Waals surface area (Å²) < 4.78 is 5.35. The summed E-state index contributed by atoms with van der Waals surface area (Å²) in [6.45, 7) is 1.87. The van der Waals surface area contributed by atoms with E-state index in [1.54, 1.807) is 18.3 Å². The Bertz CT molecular complexity index is 361. The van der Waals surface area contributed by atoms with Gasteiger partial charge in [0.1, 0.15) is 11.9 Å². The van der Waals surface area contributed by atoms with Crippen LogP contribution >= 0.6 is 0 Å². The van der Waals surface area contributed by atoms with Gasteiger partial charge in [0, 0.05) is 19.3 Å². The van der Waals surface area contributed by atoms with Crippen LogP contribution in [0, 0.1) is 0 Å². The van der Waals surface area contributed by atoms with Crippen LogP contribution in [0.5, 0.6) is 0 Å². The predicted octanol–water partition coefficient (Wildman–Crippen LogP) is -0.165. The van der Waals surface area contributed by atoms with Gasteiger partial charge < -0.3 is 15.8 Å². The van der Waals surface area contributed by atoms with Crippen molar-refractivity contribution in [2.24, 2.45) is 0 Å². The van der Waals surface area contributed by atoms with E-state index in [1.807, 2.05) is 0 Å². The zero-order valence-corrected chi connectivity index (χ0v) is 8.27. The normalized spacial score (nSPS) is 21.2. The van der Waals surface area contributed by atoms with Gasteiger partial charge in [-0.05, 0) is 12.1 Å². The number of ketones is 1. The Morgan fingerprint density at radius 2 is 2.53 bits per heavy atom. The van der Waals surface area contributed by atoms with E-state index < -0.39 is 6.10 Å². The molecule has 1 aliphatic heterocycles. The Labute approximate surface area is 87.6 Å². The number of Topliss-reactive ketones (excluding diaryl/α,β-unsaturated/α-hetero) is 1. The lowest BCUT2D eigenvalue weighted by Gasteiger charge is -2.22. The Morgan fingerprint density at radius 1 is 1.67 bits per heavy atom. The maximum absolute atomic E-state index is 11.9. The molecule has 3 N–H and O–H groups in total. The summed E-state index contributed by atoms with van der Waals surface area (Å²) in [6, 6.07) is 3.36. The molecule has 0 aliphatic carbocycles. The molecule has 1 atom stereocenters. The molecule has 80 valence electrons. The number of hydrogen-bond donors (Lipinski definition) is 2. The number of morpholine rings is 1. The van der Waals surface area contributed by atoms with E-state index in [4.69, 9.17) is 10.5 Å². The van der Waals surface area contributed by atoms with Gasteiger partial charge in [-0.1, -0.05) is 0 Å². The fourth-order valence-electron chi connectivity index (χ4n) is 1.53. The molecule has 5 heteroatoms. The average Bonchev–Trinajstić information content (AvgIpc) is 2.30. The van der Waals surface area contributed by atoms with Crippen molar-refractivity contribution in [3.63, 3.8) is 0 Å². The van der Waals surface area contributed by atoms with Gasteiger partial charge in [0.2, 0.25) is 0 Å². The number of carbonyl (C=O) groups is 1. The van der Waals surface area contributed by atoms with Gasteiger partial charge in [-0.15, -0.1) is 0 Å². The van der Waals surface area contributed by atoms with Crippen LogP contribution in [0.4, 0.5) is 5.82 Å². The van der Waals surface area contributed by atoms with Gasteiger partial charge >= 0.3 is 0 Å². The van der Waals surface area contributed by atoms with Gasteiger partial charge in [-0.3, -0.25) is 4.79 Å². The highest BCUT2D eigenvalue weighted by atomic mass is 16.5. The zero-order valence-electron chi connectivity index (χ0n) is 8.27. The van der Waals surface area contributed by atoms with Crippen LogP contribution in [0.25, 0.3) is 0 Å². The number of anilines is 1. The Kier molecular flexibility index (Phi) is 2.94. The van der Waals surface area contributed by atoms with Crippen LogP contribution in [0.15, 0.2) is 18.3 Å². The number of rotatable bonds is 2. The van der Waals surface area contributed by atoms with E-state index in [0.717, 1.165) is 6.54 Å². The number of aromatic nitrogens is 1. The molecular formula is C10H13N3O2. The number of nitrogens with one attached hydrogen (secondary N) is 1. The van der Waals surface area contributed by atoms with Crippen molar-refractivity contribution in [1.29, 1.82) is 0 Å². The highest BCUT2D eigenvalue weighted by Crippen LogP contribution is 2.12. The highest BCUT2D eigenvalue weighted by Gasteiger charge is 2.24. The Hall–Kier alpha value is -1.46. The summed E-state index contributed by atoms with van der Waals surface area (Å²) in [5.41, 5.74) is 6.06. The summed E-state index contributed by atoms with van der Waals surface area (Å²) >= 11 is 0. The molecule has 0 saturated carbocycles. The molecule has 0 bridgehead atoms. The molecule has 1 saturated heterocycles. The summed E-state index contributed by atoms with van der Waals surface area (Å²) in [5, 5.41) is 3.10. The highest BCUT2D eigenvalue weighted by molar-refractivity contribution is 6.03. The third-order valence-electron chi connectivity index (χ3n) is 2.32. The quantitative estimate of drug-likeness (QED) is 0.659. The number of ether oxygens (including phenoxy) is 1. The van der Waals surface area contributed by atoms with Gasteiger partial charge in [0.05, 0.1) is 12.2 Å². The molecule has 1 aromatic rings. The molecule has 1 aliphatic rings. The fraction of sp³-hybridized carbons (Fsp3) is 0.400. The first-order valence-corrected chi connectivity index (χ1v) is 4.86. The fourth-order valence-corrected chi connectivity index (χ4v) is 1.53. The first-order chi connectivity index (χ1) is 7.29. The molecule has 2 rings (SSSR count). The van der Waals surface area contributed by atoms with Crippen molar-refractivity contribution in [2.75, 3.05) is 25.4 Å². The minimum absolute atomic E-state index is 0.104. The molecular weight excluding hydrogens is 194 g/mol. The van der Waals surface area contributed by atoms with Gasteiger partial charge in [-0.25, -0.2) is 4.98 Å². The minimum atomic E-state index is -0.440. The molecule has 1 fully saturated rings. The van der Waals surface area contributed by atoms with Crippen molar-refractivity contribution in [1.82, 2.24) is 10.3 Å². The molecule has 0 amide bonds. The van der Waals surface area contributed by atoms with Crippen LogP contribution < -0.4 is 11.1 Å². The molecule has 1 unspecified atom stereocenters. The molecule has 0 radical (unpaired) electrons. The number of pyridine rings is 1. The van der Waals surface area contributed by atoms with E-state index in [0.29, 0.717) is 18.7 Å². The lowest BCUT2D eigenvalue weighted by atomic mass is 10.1. The number of nitrogen functional groups attached to an aromatic ring is 1. The third kappa shape index (κ3) is 2.14. The van der Waals surface area contributed by atoms with Crippen LogP contribution in [0.1, 0.15) is 10.4 Å². The van der Waals surface area contributed by atoms with Gasteiger partial charge in [0.25, 0.3) is 0 Å². The molecule has 15 heavy (non-hydrogen) atoms. The number of hydrogen-bond acceptors (Lipinski definition) is 5. The van der Waals surface area contributed by atoms with E-state index in [1.165, 1.54) is 0 Å². The van der Waals surface area contributed by atoms with E-state index in [-0.39, 0.29) is 11.6 Å². The van der Waals surface area contributed by atoms with E-state index in [9.17, 15) is 4.79 Å². The van der Waals surface area contributed by atoms with Gasteiger partial charge in [0.15, 0.2) is 5.78 Å². The standard InChI is InChI=1S/C10H13N3O2/c11-10-7(2-1-3-13-10)9(14)8-6-12-4-5-15-8/h1-3,8,12H,4-6H2,(H2,11,13). The first-order valence-electron chi connectivity index (χ1n) is 4.86. The Morgan fingerprint density at radius 3 is 3.20 bits per heavy atom. The smallest absolute Gasteiger partial charge is 0.196 e. The maximum Gasteiger partial charge on any atom is 0.196 e. The lowest BCUT2D eigenvalue weighted by Crippen LogP contribution is -2.43. The summed E-state index contributed by atoms with van der Waals surface area (Å²) in [4.78, 5) is 15.8. The second kappa shape index (κ2) is 4.37. The zero-order chi connectivity index (χ0) is 10.7. The van der Waals surface area contributed by atoms with Crippen molar-refractivity contribution in [3.05, 3.63) is 23.9 Å². The SMILES string of the molecule is Nc1ncccc1C(=O)C1CNCCO1. The van der Waals surface area contributed by atoms with E-state index in [2.05, 4.69) is 10.3 Å². The van der Waals surface area contributed by atoms with Crippen LogP contribution in [0.3, 0.4) is 0 Å². The first kappa shape index (κ1) is 10.1. The molecule has 0 spiro atoms. The molecule has 2 heterocycles. The third-order valence-corrected chi connectivity index (χ3v) is 2.32. The van der Waals surface area contributed by atoms with Crippen molar-refractivity contribution in [3.8, 4) is 0 Å². The predicted molar refractivity (Wildman–Crippen MR) is 55.6 cm³/mol. The average molecular weight is 207 g/mol. The van der Waals surface area contributed by atoms with Crippen LogP contribution in [0.2, 0.25) is 0 Å². The van der Waals surface area contributed by atoms with Crippen molar-refractivity contribution in [2.45, 2.75) is 6.10 Å². The molecule has 1 aromatic heterocycles. The Balaban J connectivity index is 2.16. The van der Waals surface area contributed by atoms with Crippen molar-refractivity contribution < 1.29 is 9.53 Å². The van der Waals surface area contributed by atoms with E-state index >= 15 is 0 Å².